The minimum Gasteiger partial charge on any atom is -0.328 e. The Balaban J connectivity index is 1.87. The van der Waals surface area contributed by atoms with Gasteiger partial charge in [0, 0.05) is 22.6 Å². The number of ketones is 1. The number of nitrogens with zero attached hydrogens (tertiary/aromatic N) is 3. The van der Waals surface area contributed by atoms with E-state index in [0.717, 1.165) is 29.2 Å². The van der Waals surface area contributed by atoms with Crippen LogP contribution in [0.3, 0.4) is 0 Å². The fourth-order valence-corrected chi connectivity index (χ4v) is 4.02. The van der Waals surface area contributed by atoms with Gasteiger partial charge >= 0.3 is 0 Å². The van der Waals surface area contributed by atoms with Crippen molar-refractivity contribution in [2.45, 2.75) is 37.6 Å². The predicted octanol–water partition coefficient (Wildman–Crippen LogP) is 3.58. The molecule has 1 aromatic heterocycles. The van der Waals surface area contributed by atoms with Crippen LogP contribution >= 0.6 is 11.8 Å². The molecule has 0 radical (unpaired) electrons. The minimum atomic E-state index is -0.187. The van der Waals surface area contributed by atoms with Gasteiger partial charge in [-0.1, -0.05) is 19.1 Å². The molecule has 0 unspecified atom stereocenters. The molecule has 0 amide bonds. The fraction of sp³-hybridized carbons (Fsp3) is 0.389. The van der Waals surface area contributed by atoms with Crippen LogP contribution < -0.4 is 5.32 Å². The number of allylic oxidation sites excluding steroid dienone is 2. The van der Waals surface area contributed by atoms with Crippen molar-refractivity contribution in [1.29, 1.82) is 0 Å². The van der Waals surface area contributed by atoms with Crippen molar-refractivity contribution in [2.75, 3.05) is 11.6 Å². The average molecular weight is 340 g/mol. The van der Waals surface area contributed by atoms with E-state index in [9.17, 15) is 4.79 Å². The van der Waals surface area contributed by atoms with Gasteiger partial charge in [-0.3, -0.25) is 4.79 Å². The molecule has 4 rings (SSSR count). The monoisotopic (exact) mass is 340 g/mol. The lowest BCUT2D eigenvalue weighted by Gasteiger charge is -2.34. The summed E-state index contributed by atoms with van der Waals surface area (Å²) in [6.07, 6.45) is 3.54. The van der Waals surface area contributed by atoms with E-state index in [-0.39, 0.29) is 11.8 Å². The summed E-state index contributed by atoms with van der Waals surface area (Å²) >= 11 is 1.71. The van der Waals surface area contributed by atoms with Crippen LogP contribution in [0, 0.1) is 12.8 Å². The molecule has 2 aromatic rings. The van der Waals surface area contributed by atoms with Crippen molar-refractivity contribution in [2.24, 2.45) is 5.92 Å². The number of aromatic nitrogens is 3. The highest BCUT2D eigenvalue weighted by molar-refractivity contribution is 7.98. The van der Waals surface area contributed by atoms with Crippen LogP contribution in [-0.4, -0.2) is 26.8 Å². The molecular formula is C18H20N4OS. The topological polar surface area (TPSA) is 59.8 Å². The van der Waals surface area contributed by atoms with Gasteiger partial charge in [-0.25, -0.2) is 4.68 Å². The summed E-state index contributed by atoms with van der Waals surface area (Å²) in [6.45, 7) is 4.00. The lowest BCUT2D eigenvalue weighted by Crippen LogP contribution is -2.33. The molecule has 2 aliphatic rings. The fourth-order valence-electron chi connectivity index (χ4n) is 3.61. The van der Waals surface area contributed by atoms with Crippen LogP contribution in [-0.2, 0) is 4.79 Å². The van der Waals surface area contributed by atoms with Gasteiger partial charge < -0.3 is 5.32 Å². The van der Waals surface area contributed by atoms with Crippen molar-refractivity contribution in [3.05, 3.63) is 46.9 Å². The van der Waals surface area contributed by atoms with E-state index in [2.05, 4.69) is 52.8 Å². The molecule has 1 N–H and O–H groups in total. The second kappa shape index (κ2) is 5.77. The van der Waals surface area contributed by atoms with Crippen LogP contribution in [0.5, 0.6) is 0 Å². The molecule has 0 spiro atoms. The standard InChI is InChI=1S/C18H20N4OS/c1-10-8-14-16(15(23)9-10)17(12-4-6-13(24-3)7-5-12)22-18(20-14)19-11(2)21-22/h4-7,10,17H,8-9H2,1-3H3,(H,19,20,21)/t10-,17-/m1/s1. The van der Waals surface area contributed by atoms with Crippen LogP contribution in [0.1, 0.15) is 37.2 Å². The first-order valence-electron chi connectivity index (χ1n) is 8.17. The number of carbonyl (C=O) groups is 1. The summed E-state index contributed by atoms with van der Waals surface area (Å²) in [5.74, 6) is 2.02. The van der Waals surface area contributed by atoms with Gasteiger partial charge in [0.1, 0.15) is 11.9 Å². The van der Waals surface area contributed by atoms with Crippen LogP contribution in [0.25, 0.3) is 0 Å². The molecule has 1 aliphatic heterocycles. The highest BCUT2D eigenvalue weighted by atomic mass is 32.2. The molecule has 1 aromatic carbocycles. The number of hydrogen-bond donors (Lipinski definition) is 1. The number of fused-ring (bicyclic) bond motifs is 1. The molecular weight excluding hydrogens is 320 g/mol. The van der Waals surface area contributed by atoms with Crippen molar-refractivity contribution in [1.82, 2.24) is 14.8 Å². The van der Waals surface area contributed by atoms with E-state index in [4.69, 9.17) is 0 Å². The quantitative estimate of drug-likeness (QED) is 0.847. The van der Waals surface area contributed by atoms with Crippen molar-refractivity contribution in [3.63, 3.8) is 0 Å². The summed E-state index contributed by atoms with van der Waals surface area (Å²) in [6, 6.07) is 8.20. The predicted molar refractivity (Wildman–Crippen MR) is 95.2 cm³/mol. The Labute approximate surface area is 145 Å². The number of benzene rings is 1. The first kappa shape index (κ1) is 15.4. The molecule has 6 heteroatoms. The molecule has 0 saturated carbocycles. The third-order valence-electron chi connectivity index (χ3n) is 4.66. The van der Waals surface area contributed by atoms with E-state index < -0.39 is 0 Å². The van der Waals surface area contributed by atoms with E-state index in [0.29, 0.717) is 18.2 Å². The van der Waals surface area contributed by atoms with Crippen molar-refractivity contribution in [3.8, 4) is 0 Å². The SMILES string of the molecule is CSc1ccc([C@@H]2C3=C(C[C@@H](C)CC3=O)Nc3nc(C)nn32)cc1. The summed E-state index contributed by atoms with van der Waals surface area (Å²) < 4.78 is 1.86. The molecule has 2 heterocycles. The number of nitrogens with one attached hydrogen (secondary N) is 1. The zero-order chi connectivity index (χ0) is 16.8. The molecule has 0 saturated heterocycles. The van der Waals surface area contributed by atoms with Crippen LogP contribution in [0.4, 0.5) is 5.95 Å². The molecule has 5 nitrogen and oxygen atoms in total. The van der Waals surface area contributed by atoms with E-state index in [1.165, 1.54) is 4.90 Å². The number of rotatable bonds is 2. The Morgan fingerprint density at radius 1 is 1.25 bits per heavy atom. The van der Waals surface area contributed by atoms with Gasteiger partial charge in [0.2, 0.25) is 5.95 Å². The molecule has 1 aliphatic carbocycles. The third-order valence-corrected chi connectivity index (χ3v) is 5.40. The molecule has 0 fully saturated rings. The zero-order valence-electron chi connectivity index (χ0n) is 14.0. The highest BCUT2D eigenvalue weighted by Gasteiger charge is 2.38. The van der Waals surface area contributed by atoms with Gasteiger partial charge in [0.25, 0.3) is 0 Å². The first-order valence-corrected chi connectivity index (χ1v) is 9.39. The molecule has 0 bridgehead atoms. The number of hydrogen-bond acceptors (Lipinski definition) is 5. The zero-order valence-corrected chi connectivity index (χ0v) is 14.9. The average Bonchev–Trinajstić information content (AvgIpc) is 2.92. The number of aryl methyl sites for hydroxylation is 1. The van der Waals surface area contributed by atoms with E-state index in [1.807, 2.05) is 11.6 Å². The normalized spacial score (nSPS) is 22.9. The van der Waals surface area contributed by atoms with Gasteiger partial charge in [-0.15, -0.1) is 11.8 Å². The van der Waals surface area contributed by atoms with Crippen LogP contribution in [0.15, 0.2) is 40.4 Å². The van der Waals surface area contributed by atoms with E-state index in [1.54, 1.807) is 11.8 Å². The lowest BCUT2D eigenvalue weighted by molar-refractivity contribution is -0.117. The maximum absolute atomic E-state index is 12.8. The molecule has 124 valence electrons. The Hall–Kier alpha value is -2.08. The second-order valence-electron chi connectivity index (χ2n) is 6.56. The summed E-state index contributed by atoms with van der Waals surface area (Å²) in [5.41, 5.74) is 2.94. The Morgan fingerprint density at radius 3 is 2.71 bits per heavy atom. The first-order chi connectivity index (χ1) is 11.6. The third kappa shape index (κ3) is 2.45. The number of thioether (sulfide) groups is 1. The number of carbonyl (C=O) groups excluding carboxylic acids is 1. The van der Waals surface area contributed by atoms with Gasteiger partial charge in [-0.05, 0) is 43.2 Å². The summed E-state index contributed by atoms with van der Waals surface area (Å²) in [4.78, 5) is 18.5. The van der Waals surface area contributed by atoms with Gasteiger partial charge in [-0.2, -0.15) is 10.1 Å². The van der Waals surface area contributed by atoms with Gasteiger partial charge in [0.15, 0.2) is 5.78 Å². The Kier molecular flexibility index (Phi) is 3.72. The maximum atomic E-state index is 12.8. The number of Topliss-reactive ketones (excluding diaryl/α,β-unsaturated/α-hetero) is 1. The second-order valence-corrected chi connectivity index (χ2v) is 7.44. The summed E-state index contributed by atoms with van der Waals surface area (Å²) in [7, 11) is 0. The maximum Gasteiger partial charge on any atom is 0.226 e. The lowest BCUT2D eigenvalue weighted by atomic mass is 9.81. The van der Waals surface area contributed by atoms with E-state index >= 15 is 0 Å². The van der Waals surface area contributed by atoms with Gasteiger partial charge in [0.05, 0.1) is 0 Å². The van der Waals surface area contributed by atoms with Crippen LogP contribution in [0.2, 0.25) is 0 Å². The van der Waals surface area contributed by atoms with Crippen molar-refractivity contribution < 1.29 is 4.79 Å². The minimum absolute atomic E-state index is 0.187. The Bertz CT molecular complexity index is 837. The largest absolute Gasteiger partial charge is 0.328 e. The highest BCUT2D eigenvalue weighted by Crippen LogP contribution is 2.41. The smallest absolute Gasteiger partial charge is 0.226 e. The molecule has 2 atom stereocenters. The summed E-state index contributed by atoms with van der Waals surface area (Å²) in [5, 5.41) is 7.89. The number of anilines is 1. The van der Waals surface area contributed by atoms with Crippen molar-refractivity contribution >= 4 is 23.5 Å². The Morgan fingerprint density at radius 2 is 2.00 bits per heavy atom. The molecule has 24 heavy (non-hydrogen) atoms.